The predicted molar refractivity (Wildman–Crippen MR) is 71.4 cm³/mol. The normalized spacial score (nSPS) is 12.6. The SMILES string of the molecule is CC(C)(C)C[C@H](CO)NC(=O)c1ccc(C#N)cn1. The highest BCUT2D eigenvalue weighted by atomic mass is 16.3. The Kier molecular flexibility index (Phi) is 5.02. The molecule has 0 fully saturated rings. The number of hydrogen-bond acceptors (Lipinski definition) is 4. The van der Waals surface area contributed by atoms with Gasteiger partial charge in [-0.2, -0.15) is 5.26 Å². The molecule has 5 nitrogen and oxygen atoms in total. The van der Waals surface area contributed by atoms with Gasteiger partial charge in [-0.3, -0.25) is 4.79 Å². The second-order valence-electron chi connectivity index (χ2n) is 5.66. The largest absolute Gasteiger partial charge is 0.394 e. The van der Waals surface area contributed by atoms with Crippen LogP contribution in [0.4, 0.5) is 0 Å². The fourth-order valence-electron chi connectivity index (χ4n) is 1.75. The Morgan fingerprint density at radius 3 is 2.63 bits per heavy atom. The lowest BCUT2D eigenvalue weighted by Crippen LogP contribution is -2.40. The summed E-state index contributed by atoms with van der Waals surface area (Å²) in [5, 5.41) is 20.7. The molecule has 102 valence electrons. The number of amides is 1. The van der Waals surface area contributed by atoms with E-state index in [2.05, 4.69) is 10.3 Å². The molecule has 0 aromatic carbocycles. The van der Waals surface area contributed by atoms with Crippen molar-refractivity contribution in [1.82, 2.24) is 10.3 Å². The maximum atomic E-state index is 11.9. The number of nitriles is 1. The maximum absolute atomic E-state index is 11.9. The quantitative estimate of drug-likeness (QED) is 0.859. The summed E-state index contributed by atoms with van der Waals surface area (Å²) < 4.78 is 0. The molecule has 0 spiro atoms. The Morgan fingerprint density at radius 2 is 2.21 bits per heavy atom. The number of nitrogens with zero attached hydrogens (tertiary/aromatic N) is 2. The fourth-order valence-corrected chi connectivity index (χ4v) is 1.75. The first-order valence-corrected chi connectivity index (χ1v) is 6.13. The van der Waals surface area contributed by atoms with Gasteiger partial charge in [0.05, 0.1) is 18.2 Å². The van der Waals surface area contributed by atoms with Gasteiger partial charge in [-0.05, 0) is 24.0 Å². The van der Waals surface area contributed by atoms with Gasteiger partial charge in [0, 0.05) is 6.20 Å². The molecule has 0 unspecified atom stereocenters. The van der Waals surface area contributed by atoms with E-state index in [9.17, 15) is 9.90 Å². The van der Waals surface area contributed by atoms with E-state index < -0.39 is 0 Å². The highest BCUT2D eigenvalue weighted by Crippen LogP contribution is 2.20. The van der Waals surface area contributed by atoms with E-state index in [4.69, 9.17) is 5.26 Å². The lowest BCUT2D eigenvalue weighted by atomic mass is 9.88. The summed E-state index contributed by atoms with van der Waals surface area (Å²) in [7, 11) is 0. The van der Waals surface area contributed by atoms with Crippen LogP contribution in [-0.2, 0) is 0 Å². The molecule has 5 heteroatoms. The topological polar surface area (TPSA) is 86.0 Å². The number of nitrogens with one attached hydrogen (secondary N) is 1. The van der Waals surface area contributed by atoms with Gasteiger partial charge in [0.15, 0.2) is 0 Å². The summed E-state index contributed by atoms with van der Waals surface area (Å²) in [5.41, 5.74) is 0.662. The van der Waals surface area contributed by atoms with Crippen molar-refractivity contribution < 1.29 is 9.90 Å². The summed E-state index contributed by atoms with van der Waals surface area (Å²) in [6.45, 7) is 6.02. The first kappa shape index (κ1) is 15.1. The van der Waals surface area contributed by atoms with Crippen LogP contribution < -0.4 is 5.32 Å². The molecule has 0 aliphatic rings. The Hall–Kier alpha value is -1.93. The van der Waals surface area contributed by atoms with E-state index in [1.807, 2.05) is 26.8 Å². The first-order chi connectivity index (χ1) is 8.85. The molecule has 1 atom stereocenters. The van der Waals surface area contributed by atoms with Gasteiger partial charge in [0.25, 0.3) is 5.91 Å². The minimum Gasteiger partial charge on any atom is -0.394 e. The van der Waals surface area contributed by atoms with Crippen molar-refractivity contribution in [2.45, 2.75) is 33.2 Å². The van der Waals surface area contributed by atoms with E-state index in [1.54, 1.807) is 6.07 Å². The van der Waals surface area contributed by atoms with E-state index in [1.165, 1.54) is 12.3 Å². The molecule has 1 rings (SSSR count). The third-order valence-electron chi connectivity index (χ3n) is 2.54. The van der Waals surface area contributed by atoms with Crippen LogP contribution in [0.2, 0.25) is 0 Å². The molecular weight excluding hydrogens is 242 g/mol. The minimum atomic E-state index is -0.340. The smallest absolute Gasteiger partial charge is 0.270 e. The molecule has 0 radical (unpaired) electrons. The first-order valence-electron chi connectivity index (χ1n) is 6.13. The predicted octanol–water partition coefficient (Wildman–Crippen LogP) is 1.48. The number of aromatic nitrogens is 1. The summed E-state index contributed by atoms with van der Waals surface area (Å²) in [6.07, 6.45) is 2.03. The van der Waals surface area contributed by atoms with Crippen molar-refractivity contribution in [3.63, 3.8) is 0 Å². The maximum Gasteiger partial charge on any atom is 0.270 e. The fraction of sp³-hybridized carbons (Fsp3) is 0.500. The lowest BCUT2D eigenvalue weighted by molar-refractivity contribution is 0.0892. The number of hydrogen-bond donors (Lipinski definition) is 2. The number of pyridine rings is 1. The summed E-state index contributed by atoms with van der Waals surface area (Å²) in [5.74, 6) is -0.340. The molecule has 19 heavy (non-hydrogen) atoms. The zero-order valence-electron chi connectivity index (χ0n) is 11.5. The highest BCUT2D eigenvalue weighted by molar-refractivity contribution is 5.92. The van der Waals surface area contributed by atoms with Crippen LogP contribution in [0, 0.1) is 16.7 Å². The van der Waals surface area contributed by atoms with Gasteiger partial charge in [-0.1, -0.05) is 20.8 Å². The van der Waals surface area contributed by atoms with Crippen LogP contribution in [0.5, 0.6) is 0 Å². The van der Waals surface area contributed by atoms with Gasteiger partial charge < -0.3 is 10.4 Å². The third-order valence-corrected chi connectivity index (χ3v) is 2.54. The molecule has 1 amide bonds. The minimum absolute atomic E-state index is 0.0127. The Balaban J connectivity index is 2.69. The Bertz CT molecular complexity index is 469. The zero-order chi connectivity index (χ0) is 14.5. The van der Waals surface area contributed by atoms with Gasteiger partial charge in [-0.25, -0.2) is 4.98 Å². The second-order valence-corrected chi connectivity index (χ2v) is 5.66. The monoisotopic (exact) mass is 261 g/mol. The number of aliphatic hydroxyl groups is 1. The molecule has 2 N–H and O–H groups in total. The van der Waals surface area contributed by atoms with Crippen molar-refractivity contribution in [3.8, 4) is 6.07 Å². The molecule has 1 aromatic heterocycles. The van der Waals surface area contributed by atoms with Crippen molar-refractivity contribution in [2.24, 2.45) is 5.41 Å². The highest BCUT2D eigenvalue weighted by Gasteiger charge is 2.20. The van der Waals surface area contributed by atoms with Crippen LogP contribution in [0.25, 0.3) is 0 Å². The van der Waals surface area contributed by atoms with Crippen LogP contribution in [-0.4, -0.2) is 28.6 Å². The standard InChI is InChI=1S/C14H19N3O2/c1-14(2,3)6-11(9-18)17-13(19)12-5-4-10(7-15)8-16-12/h4-5,8,11,18H,6,9H2,1-3H3,(H,17,19)/t11-/m1/s1. The molecule has 0 saturated carbocycles. The number of rotatable bonds is 4. The Morgan fingerprint density at radius 1 is 1.53 bits per heavy atom. The van der Waals surface area contributed by atoms with Crippen LogP contribution in [0.15, 0.2) is 18.3 Å². The number of carbonyl (C=O) groups excluding carboxylic acids is 1. The molecule has 1 heterocycles. The second kappa shape index (κ2) is 6.30. The van der Waals surface area contributed by atoms with Crippen molar-refractivity contribution in [2.75, 3.05) is 6.61 Å². The number of carbonyl (C=O) groups is 1. The molecule has 0 saturated heterocycles. The summed E-state index contributed by atoms with van der Waals surface area (Å²) >= 11 is 0. The molecule has 1 aromatic rings. The summed E-state index contributed by atoms with van der Waals surface area (Å²) in [6, 6.07) is 4.68. The molecule has 0 aliphatic heterocycles. The van der Waals surface area contributed by atoms with E-state index in [-0.39, 0.29) is 29.7 Å². The third kappa shape index (κ3) is 5.06. The molecule has 0 bridgehead atoms. The Labute approximate surface area is 113 Å². The van der Waals surface area contributed by atoms with Crippen molar-refractivity contribution >= 4 is 5.91 Å². The van der Waals surface area contributed by atoms with Crippen LogP contribution >= 0.6 is 0 Å². The average molecular weight is 261 g/mol. The van der Waals surface area contributed by atoms with Crippen LogP contribution in [0.1, 0.15) is 43.2 Å². The number of aliphatic hydroxyl groups excluding tert-OH is 1. The summed E-state index contributed by atoms with van der Waals surface area (Å²) in [4.78, 5) is 15.8. The van der Waals surface area contributed by atoms with E-state index in [0.29, 0.717) is 12.0 Å². The van der Waals surface area contributed by atoms with Gasteiger partial charge >= 0.3 is 0 Å². The molecular formula is C14H19N3O2. The van der Waals surface area contributed by atoms with Gasteiger partial charge in [-0.15, -0.1) is 0 Å². The molecule has 0 aliphatic carbocycles. The van der Waals surface area contributed by atoms with Gasteiger partial charge in [0.1, 0.15) is 11.8 Å². The average Bonchev–Trinajstić information content (AvgIpc) is 2.36. The zero-order valence-corrected chi connectivity index (χ0v) is 11.5. The van der Waals surface area contributed by atoms with Crippen molar-refractivity contribution in [1.29, 1.82) is 5.26 Å². The van der Waals surface area contributed by atoms with E-state index >= 15 is 0 Å². The van der Waals surface area contributed by atoms with Gasteiger partial charge in [0.2, 0.25) is 0 Å². The van der Waals surface area contributed by atoms with Crippen molar-refractivity contribution in [3.05, 3.63) is 29.6 Å². The van der Waals surface area contributed by atoms with Crippen LogP contribution in [0.3, 0.4) is 0 Å². The van der Waals surface area contributed by atoms with E-state index in [0.717, 1.165) is 0 Å². The lowest BCUT2D eigenvalue weighted by Gasteiger charge is -2.25.